The van der Waals surface area contributed by atoms with E-state index in [1.807, 2.05) is 61.5 Å². The van der Waals surface area contributed by atoms with Crippen LogP contribution in [0.15, 0.2) is 54.6 Å². The lowest BCUT2D eigenvalue weighted by Gasteiger charge is -2.33. The van der Waals surface area contributed by atoms with E-state index in [9.17, 15) is 9.59 Å². The topological polar surface area (TPSA) is 53.9 Å². The largest absolute Gasteiger partial charge is 0.360 e. The molecule has 0 saturated carbocycles. The van der Waals surface area contributed by atoms with E-state index >= 15 is 0 Å². The molecule has 1 fully saturated rings. The van der Waals surface area contributed by atoms with Gasteiger partial charge in [0.25, 0.3) is 5.91 Å². The number of nitrogens with zero attached hydrogens (tertiary/aromatic N) is 1. The molecule has 0 aliphatic carbocycles. The fourth-order valence-electron chi connectivity index (χ4n) is 3.51. The van der Waals surface area contributed by atoms with Crippen LogP contribution in [0.5, 0.6) is 0 Å². The monoisotopic (exact) mass is 366 g/mol. The van der Waals surface area contributed by atoms with Crippen molar-refractivity contribution in [2.24, 2.45) is 0 Å². The van der Waals surface area contributed by atoms with Crippen molar-refractivity contribution < 1.29 is 14.5 Å². The summed E-state index contributed by atoms with van der Waals surface area (Å²) >= 11 is 0. The second kappa shape index (κ2) is 8.82. The number of anilines is 1. The summed E-state index contributed by atoms with van der Waals surface area (Å²) < 4.78 is 0. The van der Waals surface area contributed by atoms with Crippen molar-refractivity contribution in [1.82, 2.24) is 5.32 Å². The molecule has 0 bridgehead atoms. The van der Waals surface area contributed by atoms with Crippen LogP contribution in [-0.2, 0) is 4.79 Å². The molecule has 2 N–H and O–H groups in total. The fourth-order valence-corrected chi connectivity index (χ4v) is 3.51. The molecule has 2 aromatic rings. The summed E-state index contributed by atoms with van der Waals surface area (Å²) in [5.74, 6) is 0.187. The van der Waals surface area contributed by atoms with Crippen LogP contribution in [0, 0.1) is 0 Å². The Morgan fingerprint density at radius 2 is 1.67 bits per heavy atom. The van der Waals surface area contributed by atoms with Gasteiger partial charge in [-0.25, -0.2) is 0 Å². The SMILES string of the molecule is CC(=O)c1ccc(N2CC[NH+](CC(=O)N[C@@H](C)c3ccccc3)CC2)cc1. The van der Waals surface area contributed by atoms with E-state index in [4.69, 9.17) is 0 Å². The van der Waals surface area contributed by atoms with Crippen molar-refractivity contribution >= 4 is 17.4 Å². The van der Waals surface area contributed by atoms with Gasteiger partial charge in [-0.2, -0.15) is 0 Å². The van der Waals surface area contributed by atoms with Gasteiger partial charge in [-0.15, -0.1) is 0 Å². The van der Waals surface area contributed by atoms with E-state index in [1.165, 1.54) is 4.90 Å². The van der Waals surface area contributed by atoms with E-state index < -0.39 is 0 Å². The first-order valence-corrected chi connectivity index (χ1v) is 9.57. The van der Waals surface area contributed by atoms with Crippen LogP contribution in [0.2, 0.25) is 0 Å². The molecule has 0 radical (unpaired) electrons. The molecular formula is C22H28N3O2+. The van der Waals surface area contributed by atoms with Gasteiger partial charge in [0.2, 0.25) is 0 Å². The lowest BCUT2D eigenvalue weighted by Crippen LogP contribution is -3.15. The number of benzene rings is 2. The summed E-state index contributed by atoms with van der Waals surface area (Å²) in [5.41, 5.74) is 3.01. The number of carbonyl (C=O) groups is 2. The summed E-state index contributed by atoms with van der Waals surface area (Å²) in [5, 5.41) is 3.10. The molecule has 1 aliphatic rings. The second-order valence-corrected chi connectivity index (χ2v) is 7.22. The predicted octanol–water partition coefficient (Wildman–Crippen LogP) is 1.47. The third-order valence-corrected chi connectivity index (χ3v) is 5.20. The van der Waals surface area contributed by atoms with Gasteiger partial charge in [0.1, 0.15) is 0 Å². The number of hydrogen-bond donors (Lipinski definition) is 2. The van der Waals surface area contributed by atoms with E-state index in [1.54, 1.807) is 6.92 Å². The minimum atomic E-state index is 0.0270. The zero-order valence-corrected chi connectivity index (χ0v) is 16.1. The number of ketones is 1. The molecule has 27 heavy (non-hydrogen) atoms. The van der Waals surface area contributed by atoms with Crippen LogP contribution in [0.1, 0.15) is 35.8 Å². The minimum Gasteiger partial charge on any atom is -0.360 e. The average Bonchev–Trinajstić information content (AvgIpc) is 2.69. The van der Waals surface area contributed by atoms with Gasteiger partial charge in [-0.1, -0.05) is 30.3 Å². The Balaban J connectivity index is 1.46. The highest BCUT2D eigenvalue weighted by Gasteiger charge is 2.23. The van der Waals surface area contributed by atoms with Crippen molar-refractivity contribution in [3.8, 4) is 0 Å². The molecule has 1 aliphatic heterocycles. The molecule has 1 amide bonds. The smallest absolute Gasteiger partial charge is 0.275 e. The maximum atomic E-state index is 12.4. The molecule has 1 heterocycles. The maximum Gasteiger partial charge on any atom is 0.275 e. The molecule has 5 heteroatoms. The highest BCUT2D eigenvalue weighted by atomic mass is 16.2. The van der Waals surface area contributed by atoms with Crippen molar-refractivity contribution in [1.29, 1.82) is 0 Å². The van der Waals surface area contributed by atoms with Crippen molar-refractivity contribution in [2.75, 3.05) is 37.6 Å². The van der Waals surface area contributed by atoms with Gasteiger partial charge < -0.3 is 15.1 Å². The van der Waals surface area contributed by atoms with Gasteiger partial charge in [-0.3, -0.25) is 9.59 Å². The Hall–Kier alpha value is -2.66. The number of amides is 1. The molecule has 3 rings (SSSR count). The van der Waals surface area contributed by atoms with E-state index in [-0.39, 0.29) is 17.7 Å². The van der Waals surface area contributed by atoms with Crippen LogP contribution < -0.4 is 15.1 Å². The molecule has 1 saturated heterocycles. The van der Waals surface area contributed by atoms with Crippen molar-refractivity contribution in [3.63, 3.8) is 0 Å². The van der Waals surface area contributed by atoms with Crippen LogP contribution in [0.25, 0.3) is 0 Å². The maximum absolute atomic E-state index is 12.4. The zero-order chi connectivity index (χ0) is 19.2. The van der Waals surface area contributed by atoms with Gasteiger partial charge in [0, 0.05) is 11.3 Å². The highest BCUT2D eigenvalue weighted by Crippen LogP contribution is 2.15. The van der Waals surface area contributed by atoms with Gasteiger partial charge >= 0.3 is 0 Å². The number of Topliss-reactive ketones (excluding diaryl/α,β-unsaturated/α-hetero) is 1. The summed E-state index contributed by atoms with van der Waals surface area (Å²) in [6, 6.07) is 17.9. The fraction of sp³-hybridized carbons (Fsp3) is 0.364. The quantitative estimate of drug-likeness (QED) is 0.762. The highest BCUT2D eigenvalue weighted by molar-refractivity contribution is 5.94. The van der Waals surface area contributed by atoms with E-state index in [2.05, 4.69) is 10.2 Å². The lowest BCUT2D eigenvalue weighted by atomic mass is 10.1. The molecule has 1 atom stereocenters. The molecule has 0 unspecified atom stereocenters. The molecule has 2 aromatic carbocycles. The first-order valence-electron chi connectivity index (χ1n) is 9.57. The van der Waals surface area contributed by atoms with Gasteiger partial charge in [0.15, 0.2) is 12.3 Å². The zero-order valence-electron chi connectivity index (χ0n) is 16.1. The van der Waals surface area contributed by atoms with Crippen molar-refractivity contribution in [3.05, 3.63) is 65.7 Å². The normalized spacial score (nSPS) is 16.0. The third kappa shape index (κ3) is 5.17. The number of nitrogens with one attached hydrogen (secondary N) is 2. The van der Waals surface area contributed by atoms with Gasteiger partial charge in [-0.05, 0) is 43.7 Å². The molecule has 142 valence electrons. The van der Waals surface area contributed by atoms with Crippen molar-refractivity contribution in [2.45, 2.75) is 19.9 Å². The Labute approximate surface area is 161 Å². The number of piperazine rings is 1. The van der Waals surface area contributed by atoms with Crippen LogP contribution >= 0.6 is 0 Å². The Bertz CT molecular complexity index is 766. The molecule has 0 aromatic heterocycles. The second-order valence-electron chi connectivity index (χ2n) is 7.22. The van der Waals surface area contributed by atoms with Gasteiger partial charge in [0.05, 0.1) is 32.2 Å². The van der Waals surface area contributed by atoms with E-state index in [0.717, 1.165) is 43.0 Å². The summed E-state index contributed by atoms with van der Waals surface area (Å²) in [7, 11) is 0. The average molecular weight is 366 g/mol. The number of carbonyl (C=O) groups excluding carboxylic acids is 2. The summed E-state index contributed by atoms with van der Waals surface area (Å²) in [6.07, 6.45) is 0. The first-order chi connectivity index (χ1) is 13.0. The Morgan fingerprint density at radius 3 is 2.26 bits per heavy atom. The predicted molar refractivity (Wildman–Crippen MR) is 107 cm³/mol. The third-order valence-electron chi connectivity index (χ3n) is 5.20. The van der Waals surface area contributed by atoms with Crippen LogP contribution in [-0.4, -0.2) is 44.4 Å². The number of rotatable bonds is 6. The van der Waals surface area contributed by atoms with Crippen LogP contribution in [0.3, 0.4) is 0 Å². The molecular weight excluding hydrogens is 338 g/mol. The Morgan fingerprint density at radius 1 is 1.04 bits per heavy atom. The lowest BCUT2D eigenvalue weighted by molar-refractivity contribution is -0.892. The minimum absolute atomic E-state index is 0.0270. The van der Waals surface area contributed by atoms with Crippen LogP contribution in [0.4, 0.5) is 5.69 Å². The number of hydrogen-bond acceptors (Lipinski definition) is 3. The molecule has 0 spiro atoms. The molecule has 5 nitrogen and oxygen atoms in total. The summed E-state index contributed by atoms with van der Waals surface area (Å²) in [4.78, 5) is 27.4. The Kier molecular flexibility index (Phi) is 6.24. The first kappa shape index (κ1) is 19.1. The standard InChI is InChI=1S/C22H27N3O2/c1-17(19-6-4-3-5-7-19)23-22(27)16-24-12-14-25(15-13-24)21-10-8-20(9-11-21)18(2)26/h3-11,17H,12-16H2,1-2H3,(H,23,27)/p+1/t17-/m0/s1. The summed E-state index contributed by atoms with van der Waals surface area (Å²) in [6.45, 7) is 7.80. The van der Waals surface area contributed by atoms with E-state index in [0.29, 0.717) is 6.54 Å². The number of quaternary nitrogens is 1.